The summed E-state index contributed by atoms with van der Waals surface area (Å²) in [6.07, 6.45) is 0. The molecule has 1 atom stereocenters. The number of ether oxygens (including phenoxy) is 2. The van der Waals surface area contributed by atoms with Crippen LogP contribution in [0, 0.1) is 5.82 Å². The first kappa shape index (κ1) is 15.3. The lowest BCUT2D eigenvalue weighted by Crippen LogP contribution is -2.18. The van der Waals surface area contributed by atoms with E-state index in [4.69, 9.17) is 9.47 Å². The van der Waals surface area contributed by atoms with Crippen molar-refractivity contribution < 1.29 is 13.9 Å². The number of nitrogens with one attached hydrogen (secondary N) is 1. The predicted molar refractivity (Wildman–Crippen MR) is 81.2 cm³/mol. The first-order valence-corrected chi connectivity index (χ1v) is 6.83. The second kappa shape index (κ2) is 7.09. The van der Waals surface area contributed by atoms with Crippen molar-refractivity contribution in [3.05, 3.63) is 59.4 Å². The highest BCUT2D eigenvalue weighted by atomic mass is 19.1. The van der Waals surface area contributed by atoms with E-state index in [0.29, 0.717) is 6.54 Å². The van der Waals surface area contributed by atoms with Crippen molar-refractivity contribution in [3.63, 3.8) is 0 Å². The van der Waals surface area contributed by atoms with E-state index in [2.05, 4.69) is 5.32 Å². The molecule has 4 heteroatoms. The molecule has 2 aromatic carbocycles. The molecule has 0 aliphatic rings. The molecule has 0 unspecified atom stereocenters. The van der Waals surface area contributed by atoms with Crippen molar-refractivity contribution in [2.45, 2.75) is 19.5 Å². The highest BCUT2D eigenvalue weighted by Gasteiger charge is 2.09. The summed E-state index contributed by atoms with van der Waals surface area (Å²) in [7, 11) is 3.29. The van der Waals surface area contributed by atoms with E-state index >= 15 is 0 Å². The van der Waals surface area contributed by atoms with Gasteiger partial charge in [0, 0.05) is 18.2 Å². The van der Waals surface area contributed by atoms with E-state index in [-0.39, 0.29) is 11.9 Å². The van der Waals surface area contributed by atoms with Crippen LogP contribution in [-0.4, -0.2) is 14.2 Å². The molecular weight excluding hydrogens is 269 g/mol. The van der Waals surface area contributed by atoms with Crippen LogP contribution in [0.5, 0.6) is 11.5 Å². The maximum atomic E-state index is 12.9. The predicted octanol–water partition coefficient (Wildman–Crippen LogP) is 3.69. The Hall–Kier alpha value is -2.07. The summed E-state index contributed by atoms with van der Waals surface area (Å²) < 4.78 is 23.5. The van der Waals surface area contributed by atoms with Crippen LogP contribution in [0.3, 0.4) is 0 Å². The molecule has 3 nitrogen and oxygen atoms in total. The third-order valence-corrected chi connectivity index (χ3v) is 3.46. The summed E-state index contributed by atoms with van der Waals surface area (Å²) in [4.78, 5) is 0. The standard InChI is InChI=1S/C17H20FNO2/c1-12(13-4-6-15(18)7-5-13)19-11-14-10-16(20-2)8-9-17(14)21-3/h4-10,12,19H,11H2,1-3H3/t12-/m0/s1. The Morgan fingerprint density at radius 1 is 1.05 bits per heavy atom. The van der Waals surface area contributed by atoms with Gasteiger partial charge in [-0.2, -0.15) is 0 Å². The number of hydrogen-bond donors (Lipinski definition) is 1. The molecule has 2 aromatic rings. The van der Waals surface area contributed by atoms with E-state index in [1.807, 2.05) is 25.1 Å². The van der Waals surface area contributed by atoms with Gasteiger partial charge in [0.05, 0.1) is 14.2 Å². The average molecular weight is 289 g/mol. The second-order valence-electron chi connectivity index (χ2n) is 4.83. The highest BCUT2D eigenvalue weighted by Crippen LogP contribution is 2.24. The van der Waals surface area contributed by atoms with E-state index in [1.54, 1.807) is 26.4 Å². The van der Waals surface area contributed by atoms with Gasteiger partial charge in [-0.25, -0.2) is 4.39 Å². The summed E-state index contributed by atoms with van der Waals surface area (Å²) in [5, 5.41) is 3.40. The van der Waals surface area contributed by atoms with E-state index in [1.165, 1.54) is 12.1 Å². The van der Waals surface area contributed by atoms with Crippen molar-refractivity contribution >= 4 is 0 Å². The zero-order valence-electron chi connectivity index (χ0n) is 12.5. The zero-order valence-corrected chi connectivity index (χ0v) is 12.5. The third kappa shape index (κ3) is 3.95. The minimum Gasteiger partial charge on any atom is -0.497 e. The van der Waals surface area contributed by atoms with Crippen molar-refractivity contribution in [1.82, 2.24) is 5.32 Å². The van der Waals surface area contributed by atoms with Gasteiger partial charge in [-0.05, 0) is 42.8 Å². The molecular formula is C17H20FNO2. The molecule has 0 aliphatic carbocycles. The van der Waals surface area contributed by atoms with Gasteiger partial charge in [-0.15, -0.1) is 0 Å². The molecule has 0 bridgehead atoms. The quantitative estimate of drug-likeness (QED) is 0.879. The molecule has 0 aromatic heterocycles. The fraction of sp³-hybridized carbons (Fsp3) is 0.294. The summed E-state index contributed by atoms with van der Waals surface area (Å²) >= 11 is 0. The van der Waals surface area contributed by atoms with Gasteiger partial charge >= 0.3 is 0 Å². The van der Waals surface area contributed by atoms with E-state index in [9.17, 15) is 4.39 Å². The van der Waals surface area contributed by atoms with Gasteiger partial charge in [0.1, 0.15) is 17.3 Å². The number of rotatable bonds is 6. The van der Waals surface area contributed by atoms with Gasteiger partial charge < -0.3 is 14.8 Å². The van der Waals surface area contributed by atoms with Gasteiger partial charge in [0.2, 0.25) is 0 Å². The molecule has 0 saturated heterocycles. The average Bonchev–Trinajstić information content (AvgIpc) is 2.52. The Balaban J connectivity index is 2.06. The summed E-state index contributed by atoms with van der Waals surface area (Å²) in [5.74, 6) is 1.39. The van der Waals surface area contributed by atoms with Gasteiger partial charge in [-0.1, -0.05) is 12.1 Å². The minimum atomic E-state index is -0.222. The first-order chi connectivity index (χ1) is 10.1. The monoisotopic (exact) mass is 289 g/mol. The van der Waals surface area contributed by atoms with E-state index in [0.717, 1.165) is 22.6 Å². The lowest BCUT2D eigenvalue weighted by molar-refractivity contribution is 0.395. The van der Waals surface area contributed by atoms with Crippen molar-refractivity contribution in [3.8, 4) is 11.5 Å². The minimum absolute atomic E-state index is 0.113. The van der Waals surface area contributed by atoms with Crippen LogP contribution in [0.25, 0.3) is 0 Å². The molecule has 0 heterocycles. The van der Waals surface area contributed by atoms with Crippen LogP contribution in [0.1, 0.15) is 24.1 Å². The zero-order chi connectivity index (χ0) is 15.2. The highest BCUT2D eigenvalue weighted by molar-refractivity contribution is 5.40. The summed E-state index contributed by atoms with van der Waals surface area (Å²) in [6, 6.07) is 12.3. The maximum Gasteiger partial charge on any atom is 0.123 e. The number of halogens is 1. The Bertz CT molecular complexity index is 584. The van der Waals surface area contributed by atoms with Crippen LogP contribution < -0.4 is 14.8 Å². The number of methoxy groups -OCH3 is 2. The van der Waals surface area contributed by atoms with Crippen LogP contribution in [0.2, 0.25) is 0 Å². The molecule has 21 heavy (non-hydrogen) atoms. The van der Waals surface area contributed by atoms with Crippen LogP contribution >= 0.6 is 0 Å². The molecule has 0 aliphatic heterocycles. The molecule has 2 rings (SSSR count). The first-order valence-electron chi connectivity index (χ1n) is 6.83. The molecule has 0 radical (unpaired) electrons. The Morgan fingerprint density at radius 3 is 2.38 bits per heavy atom. The topological polar surface area (TPSA) is 30.5 Å². The Labute approximate surface area is 124 Å². The Morgan fingerprint density at radius 2 is 1.76 bits per heavy atom. The smallest absolute Gasteiger partial charge is 0.123 e. The van der Waals surface area contributed by atoms with Crippen LogP contribution in [0.4, 0.5) is 4.39 Å². The largest absolute Gasteiger partial charge is 0.497 e. The SMILES string of the molecule is COc1ccc(OC)c(CN[C@@H](C)c2ccc(F)cc2)c1. The van der Waals surface area contributed by atoms with Crippen molar-refractivity contribution in [2.24, 2.45) is 0 Å². The Kier molecular flexibility index (Phi) is 5.17. The second-order valence-corrected chi connectivity index (χ2v) is 4.83. The molecule has 112 valence electrons. The lowest BCUT2D eigenvalue weighted by atomic mass is 10.1. The van der Waals surface area contributed by atoms with Crippen molar-refractivity contribution in [1.29, 1.82) is 0 Å². The van der Waals surface area contributed by atoms with Crippen molar-refractivity contribution in [2.75, 3.05) is 14.2 Å². The number of hydrogen-bond acceptors (Lipinski definition) is 3. The van der Waals surface area contributed by atoms with Gasteiger partial charge in [-0.3, -0.25) is 0 Å². The molecule has 1 N–H and O–H groups in total. The van der Waals surface area contributed by atoms with Crippen LogP contribution in [0.15, 0.2) is 42.5 Å². The normalized spacial score (nSPS) is 12.0. The van der Waals surface area contributed by atoms with Crippen LogP contribution in [-0.2, 0) is 6.54 Å². The van der Waals surface area contributed by atoms with Gasteiger partial charge in [0.15, 0.2) is 0 Å². The van der Waals surface area contributed by atoms with Gasteiger partial charge in [0.25, 0.3) is 0 Å². The molecule has 0 fully saturated rings. The molecule has 0 amide bonds. The van der Waals surface area contributed by atoms with E-state index < -0.39 is 0 Å². The summed E-state index contributed by atoms with van der Waals surface area (Å²) in [6.45, 7) is 2.68. The fourth-order valence-corrected chi connectivity index (χ4v) is 2.15. The summed E-state index contributed by atoms with van der Waals surface area (Å²) in [5.41, 5.74) is 2.06. The maximum absolute atomic E-state index is 12.9. The molecule has 0 saturated carbocycles. The fourth-order valence-electron chi connectivity index (χ4n) is 2.15. The third-order valence-electron chi connectivity index (χ3n) is 3.46. The lowest BCUT2D eigenvalue weighted by Gasteiger charge is -2.16. The number of benzene rings is 2. The molecule has 0 spiro atoms.